The molecule has 10 nitrogen and oxygen atoms in total. The summed E-state index contributed by atoms with van der Waals surface area (Å²) in [6, 6.07) is 44.1. The summed E-state index contributed by atoms with van der Waals surface area (Å²) in [5.41, 5.74) is 7.21. The molecule has 1 heterocycles. The second-order valence-electron chi connectivity index (χ2n) is 13.1. The minimum atomic E-state index is -4.24. The Kier molecular flexibility index (Phi) is 10.6. The van der Waals surface area contributed by atoms with Gasteiger partial charge in [0.15, 0.2) is 0 Å². The lowest BCUT2D eigenvalue weighted by Gasteiger charge is -2.28. The van der Waals surface area contributed by atoms with Crippen LogP contribution in [-0.4, -0.2) is 51.2 Å². The average Bonchev–Trinajstić information content (AvgIpc) is 3.55. The summed E-state index contributed by atoms with van der Waals surface area (Å²) < 4.78 is 58.6. The maximum atomic E-state index is 12.2. The molecule has 55 heavy (non-hydrogen) atoms. The van der Waals surface area contributed by atoms with Crippen LogP contribution in [0, 0.1) is 0 Å². The fourth-order valence-corrected chi connectivity index (χ4v) is 7.40. The summed E-state index contributed by atoms with van der Waals surface area (Å²) >= 11 is 0. The molecule has 282 valence electrons. The van der Waals surface area contributed by atoms with E-state index in [0.29, 0.717) is 6.54 Å². The van der Waals surface area contributed by atoms with Crippen molar-refractivity contribution < 1.29 is 31.9 Å². The van der Waals surface area contributed by atoms with Crippen LogP contribution >= 0.6 is 0 Å². The fourth-order valence-electron chi connectivity index (χ4n) is 7.00. The van der Waals surface area contributed by atoms with Gasteiger partial charge < -0.3 is 33.3 Å². The number of aromatic nitrogens is 1. The molecule has 0 fully saturated rings. The topological polar surface area (TPSA) is 103 Å². The van der Waals surface area contributed by atoms with Gasteiger partial charge in [0.05, 0.1) is 56.1 Å². The molecule has 0 spiro atoms. The molecule has 0 amide bonds. The van der Waals surface area contributed by atoms with E-state index in [2.05, 4.69) is 38.6 Å². The summed E-state index contributed by atoms with van der Waals surface area (Å²) in [6.45, 7) is 1.87. The highest BCUT2D eigenvalue weighted by molar-refractivity contribution is 7.86. The van der Waals surface area contributed by atoms with Crippen LogP contribution in [0.25, 0.3) is 21.8 Å². The molecular formula is C44H43N3O7S. The molecule has 0 aliphatic carbocycles. The van der Waals surface area contributed by atoms with Gasteiger partial charge in [-0.25, -0.2) is 0 Å². The van der Waals surface area contributed by atoms with Gasteiger partial charge in [-0.15, -0.1) is 0 Å². The zero-order valence-electron chi connectivity index (χ0n) is 31.3. The molecule has 0 aliphatic heterocycles. The van der Waals surface area contributed by atoms with Crippen LogP contribution in [0.15, 0.2) is 133 Å². The molecule has 1 aromatic heterocycles. The molecule has 0 aliphatic rings. The molecular weight excluding hydrogens is 715 g/mol. The number of nitrogens with zero attached hydrogens (tertiary/aromatic N) is 3. The summed E-state index contributed by atoms with van der Waals surface area (Å²) in [7, 11) is 2.34. The normalized spacial score (nSPS) is 12.0. The molecule has 7 aromatic rings. The van der Waals surface area contributed by atoms with Crippen molar-refractivity contribution >= 4 is 66.0 Å². The third-order valence-electron chi connectivity index (χ3n) is 9.94. The van der Waals surface area contributed by atoms with Crippen molar-refractivity contribution in [3.63, 3.8) is 0 Å². The van der Waals surface area contributed by atoms with Crippen LogP contribution in [0.4, 0.5) is 34.1 Å². The third-order valence-corrected chi connectivity index (χ3v) is 11.2. The Bertz CT molecular complexity index is 2270. The number of ether oxygens (including phenoxy) is 4. The van der Waals surface area contributed by atoms with E-state index in [9.17, 15) is 13.0 Å². The van der Waals surface area contributed by atoms with Gasteiger partial charge in [-0.2, -0.15) is 8.42 Å². The van der Waals surface area contributed by atoms with Gasteiger partial charge in [-0.05, 0) is 135 Å². The Morgan fingerprint density at radius 2 is 0.836 bits per heavy atom. The predicted molar refractivity (Wildman–Crippen MR) is 221 cm³/mol. The first-order valence-corrected chi connectivity index (χ1v) is 19.3. The zero-order chi connectivity index (χ0) is 38.7. The number of methoxy groups -OCH3 is 4. The van der Waals surface area contributed by atoms with Crippen molar-refractivity contribution in [3.8, 4) is 23.0 Å². The Hall–Kier alpha value is -6.17. The predicted octanol–water partition coefficient (Wildman–Crippen LogP) is 10.4. The molecule has 11 heteroatoms. The van der Waals surface area contributed by atoms with Gasteiger partial charge in [0.25, 0.3) is 10.1 Å². The Morgan fingerprint density at radius 1 is 0.527 bits per heavy atom. The monoisotopic (exact) mass is 757 g/mol. The molecule has 7 rings (SSSR count). The molecule has 6 aromatic carbocycles. The van der Waals surface area contributed by atoms with Crippen LogP contribution < -0.4 is 28.7 Å². The highest BCUT2D eigenvalue weighted by Gasteiger charge is 2.26. The highest BCUT2D eigenvalue weighted by atomic mass is 32.2. The lowest BCUT2D eigenvalue weighted by molar-refractivity contribution is 0.414. The number of anilines is 6. The van der Waals surface area contributed by atoms with Crippen molar-refractivity contribution in [2.75, 3.05) is 38.2 Å². The van der Waals surface area contributed by atoms with Gasteiger partial charge in [0.1, 0.15) is 23.0 Å². The van der Waals surface area contributed by atoms with Crippen molar-refractivity contribution in [3.05, 3.63) is 133 Å². The quantitative estimate of drug-likeness (QED) is 0.109. The maximum Gasteiger partial charge on any atom is 0.267 e. The smallest absolute Gasteiger partial charge is 0.267 e. The first-order chi connectivity index (χ1) is 26.6. The summed E-state index contributed by atoms with van der Waals surface area (Å²) in [5.74, 6) is 2.94. The number of fused-ring (bicyclic) bond motifs is 3. The van der Waals surface area contributed by atoms with Gasteiger partial charge >= 0.3 is 0 Å². The van der Waals surface area contributed by atoms with E-state index in [1.807, 2.05) is 109 Å². The van der Waals surface area contributed by atoms with Gasteiger partial charge in [-0.3, -0.25) is 4.55 Å². The number of benzene rings is 6. The SMILES string of the molecule is COc1ccc(N(c2ccc(OC)cc2)c2cccc3c2c2c(N(c4ccc(OC)cc4)c4ccc(OC)cc4)cccc2n3CCC(C)S(=O)(=O)O)cc1. The standard InChI is InChI=1S/C44H43N3O7S/c1-30(55(48,49)50)28-29-45-39-8-6-10-41(46(31-12-20-35(51-2)21-13-31)32-14-22-36(52-3)23-15-32)43(39)44-40(45)9-7-11-42(44)47(33-16-24-37(53-4)25-17-33)34-18-26-38(54-5)27-19-34/h6-27,30H,28-29H2,1-5H3,(H,48,49,50). The Labute approximate surface area is 321 Å². The number of aryl methyl sites for hydroxylation is 1. The third kappa shape index (κ3) is 7.36. The Balaban J connectivity index is 1.56. The van der Waals surface area contributed by atoms with E-state index < -0.39 is 15.4 Å². The zero-order valence-corrected chi connectivity index (χ0v) is 32.2. The van der Waals surface area contributed by atoms with Crippen molar-refractivity contribution in [2.45, 2.75) is 25.1 Å². The largest absolute Gasteiger partial charge is 0.497 e. The first kappa shape index (κ1) is 37.2. The van der Waals surface area contributed by atoms with Crippen LogP contribution in [0.2, 0.25) is 0 Å². The van der Waals surface area contributed by atoms with Crippen molar-refractivity contribution in [2.24, 2.45) is 0 Å². The van der Waals surface area contributed by atoms with Crippen LogP contribution in [0.3, 0.4) is 0 Å². The van der Waals surface area contributed by atoms with Crippen LogP contribution in [-0.2, 0) is 16.7 Å². The van der Waals surface area contributed by atoms with E-state index >= 15 is 0 Å². The van der Waals surface area contributed by atoms with Crippen molar-refractivity contribution in [1.82, 2.24) is 4.57 Å². The average molecular weight is 758 g/mol. The van der Waals surface area contributed by atoms with E-state index in [1.165, 1.54) is 6.92 Å². The second kappa shape index (κ2) is 15.7. The minimum Gasteiger partial charge on any atom is -0.497 e. The lowest BCUT2D eigenvalue weighted by Crippen LogP contribution is -2.18. The van der Waals surface area contributed by atoms with E-state index in [-0.39, 0.29) is 6.42 Å². The Morgan fingerprint density at radius 3 is 1.11 bits per heavy atom. The summed E-state index contributed by atoms with van der Waals surface area (Å²) in [4.78, 5) is 4.40. The highest BCUT2D eigenvalue weighted by Crippen LogP contribution is 2.48. The molecule has 0 radical (unpaired) electrons. The number of hydrogen-bond acceptors (Lipinski definition) is 8. The van der Waals surface area contributed by atoms with Crippen molar-refractivity contribution in [1.29, 1.82) is 0 Å². The molecule has 0 saturated heterocycles. The van der Waals surface area contributed by atoms with Gasteiger partial charge in [0.2, 0.25) is 0 Å². The molecule has 1 N–H and O–H groups in total. The molecule has 0 bridgehead atoms. The first-order valence-electron chi connectivity index (χ1n) is 17.8. The molecule has 1 atom stereocenters. The molecule has 1 unspecified atom stereocenters. The fraction of sp³-hybridized carbons (Fsp3) is 0.182. The lowest BCUT2D eigenvalue weighted by atomic mass is 10.0. The summed E-state index contributed by atoms with van der Waals surface area (Å²) in [5, 5.41) is 0.939. The number of rotatable bonds is 14. The van der Waals surface area contributed by atoms with E-state index in [4.69, 9.17) is 18.9 Å². The van der Waals surface area contributed by atoms with Gasteiger partial charge in [-0.1, -0.05) is 12.1 Å². The van der Waals surface area contributed by atoms with E-state index in [1.54, 1.807) is 28.4 Å². The van der Waals surface area contributed by atoms with Crippen LogP contribution in [0.5, 0.6) is 23.0 Å². The van der Waals surface area contributed by atoms with Gasteiger partial charge in [0, 0.05) is 40.1 Å². The summed E-state index contributed by atoms with van der Waals surface area (Å²) in [6.07, 6.45) is 0.202. The molecule has 0 saturated carbocycles. The van der Waals surface area contributed by atoms with Crippen LogP contribution in [0.1, 0.15) is 13.3 Å². The minimum absolute atomic E-state index is 0.202. The second-order valence-corrected chi connectivity index (χ2v) is 14.9. The van der Waals surface area contributed by atoms with E-state index in [0.717, 1.165) is 78.9 Å². The maximum absolute atomic E-state index is 12.2. The number of hydrogen-bond donors (Lipinski definition) is 1.